The number of halogens is 1. The molecule has 0 bridgehead atoms. The van der Waals surface area contributed by atoms with Gasteiger partial charge in [-0.05, 0) is 43.9 Å². The fraction of sp³-hybridized carbons (Fsp3) is 0.500. The van der Waals surface area contributed by atoms with E-state index in [0.717, 1.165) is 14.7 Å². The third-order valence-electron chi connectivity index (χ3n) is 5.36. The second kappa shape index (κ2) is 8.89. The number of aromatic nitrogens is 1. The van der Waals surface area contributed by atoms with Gasteiger partial charge < -0.3 is 15.0 Å². The Morgan fingerprint density at radius 2 is 2.07 bits per heavy atom. The zero-order chi connectivity index (χ0) is 22.1. The summed E-state index contributed by atoms with van der Waals surface area (Å²) in [6, 6.07) is 4.95. The Morgan fingerprint density at radius 3 is 2.73 bits per heavy atom. The van der Waals surface area contributed by atoms with E-state index in [0.29, 0.717) is 24.5 Å². The molecule has 0 spiro atoms. The zero-order valence-electron chi connectivity index (χ0n) is 17.3. The minimum absolute atomic E-state index is 0.160. The number of ether oxygens (including phenoxy) is 1. The number of anilines is 1. The molecule has 2 aromatic rings. The fourth-order valence-corrected chi connectivity index (χ4v) is 5.02. The molecule has 162 valence electrons. The summed E-state index contributed by atoms with van der Waals surface area (Å²) in [6.07, 6.45) is 0.559. The van der Waals surface area contributed by atoms with Crippen LogP contribution in [0, 0.1) is 5.92 Å². The van der Waals surface area contributed by atoms with E-state index in [1.807, 2.05) is 32.0 Å². The lowest BCUT2D eigenvalue weighted by Gasteiger charge is -2.36. The van der Waals surface area contributed by atoms with Gasteiger partial charge >= 0.3 is 6.09 Å². The Balaban J connectivity index is 1.80. The van der Waals surface area contributed by atoms with Gasteiger partial charge in [0.15, 0.2) is 5.13 Å². The third-order valence-corrected chi connectivity index (χ3v) is 6.79. The lowest BCUT2D eigenvalue weighted by molar-refractivity contribution is -0.144. The molecule has 3 rings (SSSR count). The fourth-order valence-electron chi connectivity index (χ4n) is 3.60. The van der Waals surface area contributed by atoms with Crippen LogP contribution in [0.2, 0.25) is 0 Å². The lowest BCUT2D eigenvalue weighted by atomic mass is 9.95. The third kappa shape index (κ3) is 4.44. The highest BCUT2D eigenvalue weighted by Crippen LogP contribution is 2.34. The van der Waals surface area contributed by atoms with E-state index in [4.69, 9.17) is 0 Å². The Bertz CT molecular complexity index is 979. The number of nitrogens with one attached hydrogen (secondary N) is 2. The molecule has 3 amide bonds. The van der Waals surface area contributed by atoms with Crippen molar-refractivity contribution in [1.29, 1.82) is 0 Å². The van der Waals surface area contributed by atoms with Crippen LogP contribution in [0.5, 0.6) is 0 Å². The van der Waals surface area contributed by atoms with Crippen LogP contribution in [-0.2, 0) is 14.3 Å². The Hall–Kier alpha value is -2.20. The molecule has 2 N–H and O–H groups in total. The highest BCUT2D eigenvalue weighted by atomic mass is 79.9. The number of alkyl carbamates (subject to hydrolysis) is 1. The van der Waals surface area contributed by atoms with Crippen LogP contribution in [-0.4, -0.2) is 53.0 Å². The Morgan fingerprint density at radius 1 is 1.33 bits per heavy atom. The predicted molar refractivity (Wildman–Crippen MR) is 119 cm³/mol. The first-order valence-corrected chi connectivity index (χ1v) is 11.3. The number of fused-ring (bicyclic) bond motifs is 1. The summed E-state index contributed by atoms with van der Waals surface area (Å²) in [5.41, 5.74) is -0.231. The summed E-state index contributed by atoms with van der Waals surface area (Å²) in [5.74, 6) is -0.738. The number of rotatable bonds is 5. The Labute approximate surface area is 187 Å². The van der Waals surface area contributed by atoms with E-state index in [1.54, 1.807) is 11.8 Å². The molecule has 0 unspecified atom stereocenters. The van der Waals surface area contributed by atoms with Crippen LogP contribution in [0.4, 0.5) is 9.93 Å². The molecule has 10 heteroatoms. The largest absolute Gasteiger partial charge is 0.453 e. The van der Waals surface area contributed by atoms with Crippen molar-refractivity contribution in [3.8, 4) is 0 Å². The van der Waals surface area contributed by atoms with Crippen molar-refractivity contribution in [2.45, 2.75) is 45.2 Å². The second-order valence-electron chi connectivity index (χ2n) is 7.81. The van der Waals surface area contributed by atoms with Crippen molar-refractivity contribution in [3.63, 3.8) is 0 Å². The minimum atomic E-state index is -1.03. The van der Waals surface area contributed by atoms with Gasteiger partial charge in [-0.15, -0.1) is 0 Å². The van der Waals surface area contributed by atoms with Crippen LogP contribution in [0.1, 0.15) is 33.6 Å². The molecule has 1 aromatic heterocycles. The van der Waals surface area contributed by atoms with Crippen LogP contribution in [0.3, 0.4) is 0 Å². The molecular formula is C20H25BrN4O4S. The van der Waals surface area contributed by atoms with Crippen molar-refractivity contribution < 1.29 is 19.1 Å². The van der Waals surface area contributed by atoms with E-state index >= 15 is 0 Å². The molecule has 2 heterocycles. The molecule has 1 aromatic carbocycles. The quantitative estimate of drug-likeness (QED) is 0.656. The van der Waals surface area contributed by atoms with E-state index in [-0.39, 0.29) is 17.7 Å². The maximum atomic E-state index is 13.2. The number of hydrogen-bond donors (Lipinski definition) is 2. The van der Waals surface area contributed by atoms with Crippen molar-refractivity contribution in [2.24, 2.45) is 5.92 Å². The van der Waals surface area contributed by atoms with Crippen LogP contribution >= 0.6 is 27.3 Å². The number of methoxy groups -OCH3 is 1. The van der Waals surface area contributed by atoms with Gasteiger partial charge in [0, 0.05) is 11.0 Å². The zero-order valence-corrected chi connectivity index (χ0v) is 19.7. The summed E-state index contributed by atoms with van der Waals surface area (Å²) < 4.78 is 6.54. The molecule has 30 heavy (non-hydrogen) atoms. The molecule has 1 saturated heterocycles. The number of benzene rings is 1. The molecule has 1 aliphatic rings. The molecule has 0 aliphatic carbocycles. The van der Waals surface area contributed by atoms with Gasteiger partial charge in [0.1, 0.15) is 11.6 Å². The van der Waals surface area contributed by atoms with Crippen molar-refractivity contribution in [3.05, 3.63) is 22.7 Å². The number of nitrogens with zero attached hydrogens (tertiary/aromatic N) is 2. The molecule has 1 aliphatic heterocycles. The summed E-state index contributed by atoms with van der Waals surface area (Å²) in [5, 5.41) is 5.97. The number of hydrogen-bond acceptors (Lipinski definition) is 6. The number of carbonyl (C=O) groups is 3. The number of thiazole rings is 1. The van der Waals surface area contributed by atoms with E-state index in [2.05, 4.69) is 36.3 Å². The van der Waals surface area contributed by atoms with Crippen molar-refractivity contribution in [2.75, 3.05) is 19.0 Å². The standard InChI is InChI=1S/C20H25BrN4O4S/c1-11(2)15(23-19(28)29-4)16(26)25-9-5-8-20(25,3)17(27)24-18-22-13-7-6-12(21)10-14(13)30-18/h6-7,10-11,15H,5,8-9H2,1-4H3,(H,23,28)(H,22,24,27)/t15-,20-/m0/s1. The average Bonchev–Trinajstić information content (AvgIpc) is 3.28. The van der Waals surface area contributed by atoms with Gasteiger partial charge in [0.05, 0.1) is 17.3 Å². The average molecular weight is 497 g/mol. The van der Waals surface area contributed by atoms with Gasteiger partial charge in [-0.25, -0.2) is 9.78 Å². The maximum absolute atomic E-state index is 13.2. The van der Waals surface area contributed by atoms with Crippen LogP contribution in [0.15, 0.2) is 22.7 Å². The predicted octanol–water partition coefficient (Wildman–Crippen LogP) is 3.76. The van der Waals surface area contributed by atoms with E-state index < -0.39 is 17.7 Å². The topological polar surface area (TPSA) is 101 Å². The molecule has 8 nitrogen and oxygen atoms in total. The first-order chi connectivity index (χ1) is 14.2. The maximum Gasteiger partial charge on any atom is 0.407 e. The molecule has 2 atom stereocenters. The minimum Gasteiger partial charge on any atom is -0.453 e. The highest BCUT2D eigenvalue weighted by Gasteiger charge is 2.48. The molecule has 0 saturated carbocycles. The van der Waals surface area contributed by atoms with E-state index in [9.17, 15) is 14.4 Å². The van der Waals surface area contributed by atoms with Crippen molar-refractivity contribution >= 4 is 60.5 Å². The lowest BCUT2D eigenvalue weighted by Crippen LogP contribution is -2.59. The highest BCUT2D eigenvalue weighted by molar-refractivity contribution is 9.10. The van der Waals surface area contributed by atoms with Crippen LogP contribution < -0.4 is 10.6 Å². The first kappa shape index (κ1) is 22.5. The van der Waals surface area contributed by atoms with Gasteiger partial charge in [-0.2, -0.15) is 0 Å². The Kier molecular flexibility index (Phi) is 6.66. The summed E-state index contributed by atoms with van der Waals surface area (Å²) in [7, 11) is 1.25. The second-order valence-corrected chi connectivity index (χ2v) is 9.76. The summed E-state index contributed by atoms with van der Waals surface area (Å²) in [6.45, 7) is 5.88. The molecule has 0 radical (unpaired) electrons. The normalized spacial score (nSPS) is 19.7. The van der Waals surface area contributed by atoms with Gasteiger partial charge in [-0.1, -0.05) is 41.1 Å². The first-order valence-electron chi connectivity index (χ1n) is 9.69. The molecular weight excluding hydrogens is 472 g/mol. The van der Waals surface area contributed by atoms with E-state index in [1.165, 1.54) is 18.4 Å². The monoisotopic (exact) mass is 496 g/mol. The van der Waals surface area contributed by atoms with Gasteiger partial charge in [0.25, 0.3) is 5.91 Å². The van der Waals surface area contributed by atoms with Crippen LogP contribution in [0.25, 0.3) is 10.2 Å². The SMILES string of the molecule is COC(=O)N[C@H](C(=O)N1CCC[C@@]1(C)C(=O)Nc1nc2ccc(Br)cc2s1)C(C)C. The number of amides is 3. The summed E-state index contributed by atoms with van der Waals surface area (Å²) in [4.78, 5) is 44.2. The van der Waals surface area contributed by atoms with Crippen molar-refractivity contribution in [1.82, 2.24) is 15.2 Å². The van der Waals surface area contributed by atoms with Gasteiger partial charge in [0.2, 0.25) is 5.91 Å². The van der Waals surface area contributed by atoms with Gasteiger partial charge in [-0.3, -0.25) is 14.9 Å². The number of carbonyl (C=O) groups excluding carboxylic acids is 3. The smallest absolute Gasteiger partial charge is 0.407 e. The summed E-state index contributed by atoms with van der Waals surface area (Å²) >= 11 is 4.81. The molecule has 1 fully saturated rings. The number of likely N-dealkylation sites (tertiary alicyclic amines) is 1.